The second-order valence-corrected chi connectivity index (χ2v) is 8.82. The van der Waals surface area contributed by atoms with Crippen LogP contribution in [0.2, 0.25) is 0 Å². The van der Waals surface area contributed by atoms with E-state index in [0.717, 1.165) is 59.7 Å². The van der Waals surface area contributed by atoms with Crippen molar-refractivity contribution in [1.82, 2.24) is 0 Å². The van der Waals surface area contributed by atoms with E-state index >= 15 is 0 Å². The molecule has 4 aliphatic rings. The molecule has 2 atom stereocenters. The Hall–Kier alpha value is -2.23. The summed E-state index contributed by atoms with van der Waals surface area (Å²) >= 11 is 0. The SMILES string of the molecule is NCC1OB(O)c2c1ccc1c2CCC1.O=[N+]([O-])CC1OB(O)c2c1ccc1c2CCC1. The van der Waals surface area contributed by atoms with Gasteiger partial charge in [-0.15, -0.1) is 0 Å². The molecule has 32 heavy (non-hydrogen) atoms. The van der Waals surface area contributed by atoms with E-state index in [0.29, 0.717) is 6.54 Å². The Labute approximate surface area is 187 Å². The lowest BCUT2D eigenvalue weighted by Crippen LogP contribution is -2.31. The van der Waals surface area contributed by atoms with Gasteiger partial charge in [0, 0.05) is 11.5 Å². The topological polar surface area (TPSA) is 128 Å². The van der Waals surface area contributed by atoms with Crippen molar-refractivity contribution >= 4 is 25.2 Å². The molecule has 2 aliphatic carbocycles. The molecule has 2 aliphatic heterocycles. The van der Waals surface area contributed by atoms with Gasteiger partial charge in [-0.05, 0) is 82.8 Å². The summed E-state index contributed by atoms with van der Waals surface area (Å²) in [6.45, 7) is 0.145. The Bertz CT molecular complexity index is 1070. The van der Waals surface area contributed by atoms with Crippen LogP contribution in [0.4, 0.5) is 0 Å². The Morgan fingerprint density at radius 2 is 1.41 bits per heavy atom. The van der Waals surface area contributed by atoms with Crippen LogP contribution >= 0.6 is 0 Å². The molecule has 166 valence electrons. The van der Waals surface area contributed by atoms with Gasteiger partial charge in [-0.2, -0.15) is 0 Å². The number of rotatable bonds is 3. The van der Waals surface area contributed by atoms with Gasteiger partial charge in [-0.25, -0.2) is 0 Å². The monoisotopic (exact) mass is 436 g/mol. The van der Waals surface area contributed by atoms with Crippen LogP contribution in [0.1, 0.15) is 58.4 Å². The van der Waals surface area contributed by atoms with E-state index in [9.17, 15) is 20.2 Å². The normalized spacial score (nSPS) is 22.2. The van der Waals surface area contributed by atoms with Crippen LogP contribution in [0.25, 0.3) is 0 Å². The van der Waals surface area contributed by atoms with Crippen molar-refractivity contribution in [3.63, 3.8) is 0 Å². The molecule has 0 radical (unpaired) electrons. The maximum Gasteiger partial charge on any atom is 0.492 e. The molecule has 2 aromatic rings. The molecule has 0 fully saturated rings. The van der Waals surface area contributed by atoms with E-state index in [4.69, 9.17) is 15.0 Å². The summed E-state index contributed by atoms with van der Waals surface area (Å²) in [7, 11) is -1.76. The minimum absolute atomic E-state index is 0.124. The summed E-state index contributed by atoms with van der Waals surface area (Å²) in [5.74, 6) is 0. The highest BCUT2D eigenvalue weighted by atomic mass is 16.6. The molecule has 0 bridgehead atoms. The highest BCUT2D eigenvalue weighted by Gasteiger charge is 2.41. The Balaban J connectivity index is 0.000000136. The fourth-order valence-electron chi connectivity index (χ4n) is 5.62. The fraction of sp³-hybridized carbons (Fsp3) is 0.455. The van der Waals surface area contributed by atoms with Gasteiger partial charge in [0.25, 0.3) is 0 Å². The van der Waals surface area contributed by atoms with Gasteiger partial charge in [0.05, 0.1) is 6.10 Å². The third kappa shape index (κ3) is 3.66. The largest absolute Gasteiger partial charge is 0.492 e. The van der Waals surface area contributed by atoms with Gasteiger partial charge in [0.1, 0.15) is 6.10 Å². The predicted molar refractivity (Wildman–Crippen MR) is 121 cm³/mol. The molecule has 6 rings (SSSR count). The van der Waals surface area contributed by atoms with E-state index in [1.807, 2.05) is 12.1 Å². The second-order valence-electron chi connectivity index (χ2n) is 8.82. The van der Waals surface area contributed by atoms with Crippen LogP contribution in [0.3, 0.4) is 0 Å². The Morgan fingerprint density at radius 1 is 0.906 bits per heavy atom. The summed E-state index contributed by atoms with van der Waals surface area (Å²) in [4.78, 5) is 10.1. The zero-order valence-electron chi connectivity index (χ0n) is 17.8. The molecule has 0 aromatic heterocycles. The average Bonchev–Trinajstić information content (AvgIpc) is 3.53. The zero-order valence-corrected chi connectivity index (χ0v) is 17.8. The van der Waals surface area contributed by atoms with Gasteiger partial charge < -0.3 is 25.1 Å². The van der Waals surface area contributed by atoms with E-state index in [2.05, 4.69) is 12.1 Å². The summed E-state index contributed by atoms with van der Waals surface area (Å²) in [6.07, 6.45) is 5.68. The van der Waals surface area contributed by atoms with Crippen molar-refractivity contribution in [1.29, 1.82) is 0 Å². The van der Waals surface area contributed by atoms with Crippen LogP contribution < -0.4 is 16.7 Å². The van der Waals surface area contributed by atoms with E-state index in [-0.39, 0.29) is 12.6 Å². The molecular formula is C22H26B2N2O6. The highest BCUT2D eigenvalue weighted by molar-refractivity contribution is 6.62. The number of hydrogen-bond donors (Lipinski definition) is 3. The van der Waals surface area contributed by atoms with Gasteiger partial charge >= 0.3 is 14.2 Å². The molecular weight excluding hydrogens is 410 g/mol. The first kappa shape index (κ1) is 21.6. The van der Waals surface area contributed by atoms with Crippen molar-refractivity contribution in [2.24, 2.45) is 5.73 Å². The van der Waals surface area contributed by atoms with Crippen LogP contribution in [0, 0.1) is 10.1 Å². The first-order chi connectivity index (χ1) is 15.5. The lowest BCUT2D eigenvalue weighted by molar-refractivity contribution is -0.490. The first-order valence-corrected chi connectivity index (χ1v) is 11.3. The minimum Gasteiger partial charge on any atom is -0.423 e. The average molecular weight is 436 g/mol. The minimum atomic E-state index is -0.997. The van der Waals surface area contributed by atoms with Crippen LogP contribution in [-0.2, 0) is 35.0 Å². The maximum absolute atomic E-state index is 10.5. The van der Waals surface area contributed by atoms with Crippen molar-refractivity contribution in [2.45, 2.75) is 50.7 Å². The standard InChI is InChI=1S/C11H12BNO4.C11H14BNO2/c14-12-11-8-3-1-2-7(8)4-5-9(11)10(17-12)6-13(15)16;13-6-10-9-5-4-7-2-1-3-8(7)11(9)12(14)15-10/h4-5,10,14H,1-3,6H2;4-5,10,14H,1-3,6,13H2. The second kappa shape index (κ2) is 8.61. The highest BCUT2D eigenvalue weighted by Crippen LogP contribution is 2.31. The lowest BCUT2D eigenvalue weighted by atomic mass is 9.75. The van der Waals surface area contributed by atoms with Crippen LogP contribution in [0.15, 0.2) is 24.3 Å². The Morgan fingerprint density at radius 3 is 1.91 bits per heavy atom. The van der Waals surface area contributed by atoms with E-state index in [1.54, 1.807) is 0 Å². The van der Waals surface area contributed by atoms with E-state index < -0.39 is 25.3 Å². The molecule has 0 amide bonds. The molecule has 0 spiro atoms. The summed E-state index contributed by atoms with van der Waals surface area (Å²) in [5, 5.41) is 30.3. The quantitative estimate of drug-likeness (QED) is 0.354. The number of nitrogens with zero attached hydrogens (tertiary/aromatic N) is 1. The van der Waals surface area contributed by atoms with E-state index in [1.165, 1.54) is 23.1 Å². The zero-order chi connectivity index (χ0) is 22.4. The molecule has 0 saturated heterocycles. The number of benzene rings is 2. The number of nitrogens with two attached hydrogens (primary N) is 1. The molecule has 4 N–H and O–H groups in total. The third-order valence-electron chi connectivity index (χ3n) is 7.02. The number of fused-ring (bicyclic) bond motifs is 6. The smallest absolute Gasteiger partial charge is 0.423 e. The maximum atomic E-state index is 10.5. The third-order valence-corrected chi connectivity index (χ3v) is 7.02. The van der Waals surface area contributed by atoms with Gasteiger partial charge in [-0.1, -0.05) is 24.3 Å². The van der Waals surface area contributed by atoms with Crippen molar-refractivity contribution in [3.05, 3.63) is 67.8 Å². The fourth-order valence-corrected chi connectivity index (χ4v) is 5.62. The van der Waals surface area contributed by atoms with Crippen molar-refractivity contribution < 1.29 is 24.3 Å². The predicted octanol–water partition coefficient (Wildman–Crippen LogP) is 0.104. The lowest BCUT2D eigenvalue weighted by Gasteiger charge is -2.09. The van der Waals surface area contributed by atoms with Crippen molar-refractivity contribution in [2.75, 3.05) is 13.1 Å². The number of hydrogen-bond acceptors (Lipinski definition) is 7. The molecule has 2 heterocycles. The Kier molecular flexibility index (Phi) is 5.81. The molecule has 8 nitrogen and oxygen atoms in total. The van der Waals surface area contributed by atoms with Gasteiger partial charge in [-0.3, -0.25) is 10.1 Å². The summed E-state index contributed by atoms with van der Waals surface area (Å²) in [5.41, 5.74) is 14.3. The van der Waals surface area contributed by atoms with Crippen LogP contribution in [-0.4, -0.2) is 42.3 Å². The number of aryl methyl sites for hydroxylation is 2. The number of nitro groups is 1. The summed E-state index contributed by atoms with van der Waals surface area (Å²) in [6, 6.07) is 8.10. The summed E-state index contributed by atoms with van der Waals surface area (Å²) < 4.78 is 10.7. The van der Waals surface area contributed by atoms with Gasteiger partial charge in [0.2, 0.25) is 6.54 Å². The molecule has 0 saturated carbocycles. The molecule has 2 aromatic carbocycles. The van der Waals surface area contributed by atoms with Crippen LogP contribution in [0.5, 0.6) is 0 Å². The van der Waals surface area contributed by atoms with Gasteiger partial charge in [0.15, 0.2) is 0 Å². The molecule has 10 heteroatoms. The first-order valence-electron chi connectivity index (χ1n) is 11.3. The van der Waals surface area contributed by atoms with Crippen molar-refractivity contribution in [3.8, 4) is 0 Å². The molecule has 2 unspecified atom stereocenters.